The second kappa shape index (κ2) is 10.2. The van der Waals surface area contributed by atoms with Crippen molar-refractivity contribution in [2.45, 2.75) is 64.6 Å². The maximum Gasteiger partial charge on any atom is 0.407 e. The Kier molecular flexibility index (Phi) is 7.58. The first-order valence-corrected chi connectivity index (χ1v) is 11.2. The van der Waals surface area contributed by atoms with Gasteiger partial charge in [-0.05, 0) is 76.8 Å². The molecule has 5 N–H and O–H groups in total. The number of nitrogens with zero attached hydrogens (tertiary/aromatic N) is 1. The van der Waals surface area contributed by atoms with E-state index < -0.39 is 35.3 Å². The normalized spacial score (nSPS) is 15.6. The van der Waals surface area contributed by atoms with Gasteiger partial charge in [-0.25, -0.2) is 18.6 Å². The highest BCUT2D eigenvalue weighted by atomic mass is 19.1. The number of aromatic nitrogens is 1. The number of hydrogen-bond donors (Lipinski definition) is 4. The van der Waals surface area contributed by atoms with Crippen LogP contribution in [0.3, 0.4) is 0 Å². The summed E-state index contributed by atoms with van der Waals surface area (Å²) in [7, 11) is 0. The molecule has 8 nitrogen and oxygen atoms in total. The smallest absolute Gasteiger partial charge is 0.407 e. The number of primary amides is 1. The van der Waals surface area contributed by atoms with E-state index in [9.17, 15) is 18.4 Å². The minimum absolute atomic E-state index is 0.0307. The van der Waals surface area contributed by atoms with E-state index in [0.717, 1.165) is 25.3 Å². The van der Waals surface area contributed by atoms with Crippen LogP contribution < -0.4 is 21.7 Å². The first kappa shape index (κ1) is 25.2. The maximum absolute atomic E-state index is 15.0. The molecule has 34 heavy (non-hydrogen) atoms. The number of pyridine rings is 1. The summed E-state index contributed by atoms with van der Waals surface area (Å²) in [5.41, 5.74) is 5.07. The molecule has 0 radical (unpaired) electrons. The number of amides is 2. The average Bonchev–Trinajstić information content (AvgIpc) is 2.68. The Hall–Kier alpha value is -3.43. The van der Waals surface area contributed by atoms with E-state index in [1.165, 1.54) is 24.3 Å². The van der Waals surface area contributed by atoms with Gasteiger partial charge in [-0.15, -0.1) is 0 Å². The van der Waals surface area contributed by atoms with Gasteiger partial charge in [0.15, 0.2) is 11.6 Å². The van der Waals surface area contributed by atoms with Crippen molar-refractivity contribution in [2.75, 3.05) is 10.6 Å². The number of carbonyl (C=O) groups is 2. The van der Waals surface area contributed by atoms with Gasteiger partial charge in [0.1, 0.15) is 17.2 Å². The van der Waals surface area contributed by atoms with E-state index in [2.05, 4.69) is 20.9 Å². The Morgan fingerprint density at radius 1 is 1.15 bits per heavy atom. The summed E-state index contributed by atoms with van der Waals surface area (Å²) < 4.78 is 33.5. The van der Waals surface area contributed by atoms with Gasteiger partial charge >= 0.3 is 6.09 Å². The molecule has 1 heterocycles. The molecular weight excluding hydrogens is 444 g/mol. The minimum Gasteiger partial charge on any atom is -0.444 e. The van der Waals surface area contributed by atoms with Crippen molar-refractivity contribution in [1.29, 1.82) is 0 Å². The van der Waals surface area contributed by atoms with Crippen molar-refractivity contribution in [3.8, 4) is 0 Å². The largest absolute Gasteiger partial charge is 0.444 e. The Balaban J connectivity index is 1.86. The summed E-state index contributed by atoms with van der Waals surface area (Å²) in [5, 5.41) is 8.82. The molecule has 0 spiro atoms. The number of carbonyl (C=O) groups excluding carboxylic acids is 2. The van der Waals surface area contributed by atoms with Crippen molar-refractivity contribution >= 4 is 29.3 Å². The zero-order chi connectivity index (χ0) is 25.0. The van der Waals surface area contributed by atoms with Crippen molar-refractivity contribution < 1.29 is 23.1 Å². The molecule has 3 rings (SSSR count). The summed E-state index contributed by atoms with van der Waals surface area (Å²) in [5.74, 6) is -1.92. The number of hydrogen-bond acceptors (Lipinski definition) is 6. The summed E-state index contributed by atoms with van der Waals surface area (Å²) in [6.07, 6.45) is 2.30. The Bertz CT molecular complexity index is 1040. The van der Waals surface area contributed by atoms with Gasteiger partial charge in [-0.1, -0.05) is 6.42 Å². The lowest BCUT2D eigenvalue weighted by Gasteiger charge is -2.38. The van der Waals surface area contributed by atoms with Crippen LogP contribution in [0.2, 0.25) is 0 Å². The highest BCUT2D eigenvalue weighted by molar-refractivity contribution is 5.98. The first-order chi connectivity index (χ1) is 15.9. The van der Waals surface area contributed by atoms with Gasteiger partial charge in [0, 0.05) is 11.7 Å². The second-order valence-corrected chi connectivity index (χ2v) is 9.51. The summed E-state index contributed by atoms with van der Waals surface area (Å²) in [6.45, 7) is 7.13. The average molecular weight is 476 g/mol. The van der Waals surface area contributed by atoms with Crippen molar-refractivity contribution in [3.05, 3.63) is 47.5 Å². The van der Waals surface area contributed by atoms with Gasteiger partial charge in [0.05, 0.1) is 11.6 Å². The molecule has 0 unspecified atom stereocenters. The molecule has 0 bridgehead atoms. The fraction of sp³-hybridized carbons (Fsp3) is 0.458. The van der Waals surface area contributed by atoms with Gasteiger partial charge < -0.3 is 26.4 Å². The number of anilines is 3. The molecule has 1 fully saturated rings. The Labute approximate surface area is 197 Å². The Morgan fingerprint density at radius 3 is 2.32 bits per heavy atom. The van der Waals surface area contributed by atoms with Crippen LogP contribution >= 0.6 is 0 Å². The topological polar surface area (TPSA) is 118 Å². The van der Waals surface area contributed by atoms with Gasteiger partial charge in [-0.3, -0.25) is 4.79 Å². The second-order valence-electron chi connectivity index (χ2n) is 9.51. The molecule has 2 atom stereocenters. The number of ether oxygens (including phenoxy) is 1. The number of halogens is 2. The molecule has 2 aromatic rings. The summed E-state index contributed by atoms with van der Waals surface area (Å²) >= 11 is 0. The predicted molar refractivity (Wildman–Crippen MR) is 126 cm³/mol. The van der Waals surface area contributed by atoms with Crippen LogP contribution in [0.15, 0.2) is 30.3 Å². The monoisotopic (exact) mass is 475 g/mol. The number of benzene rings is 1. The SMILES string of the molecule is C[C@H](NC(=O)OC(C)(C)C)[C@H](Nc1nc(Nc2ccc(F)cc2)c(C(N)=O)cc1F)C1CCC1. The number of rotatable bonds is 8. The lowest BCUT2D eigenvalue weighted by atomic mass is 9.77. The molecule has 1 aliphatic carbocycles. The molecule has 184 valence electrons. The van der Waals surface area contributed by atoms with Crippen LogP contribution in [-0.4, -0.2) is 34.7 Å². The molecule has 0 saturated heterocycles. The molecule has 0 aliphatic heterocycles. The fourth-order valence-corrected chi connectivity index (χ4v) is 3.73. The highest BCUT2D eigenvalue weighted by Gasteiger charge is 2.34. The third-order valence-electron chi connectivity index (χ3n) is 5.59. The van der Waals surface area contributed by atoms with Crippen LogP contribution in [0.1, 0.15) is 57.3 Å². The van der Waals surface area contributed by atoms with Crippen LogP contribution in [-0.2, 0) is 4.74 Å². The van der Waals surface area contributed by atoms with Crippen molar-refractivity contribution in [1.82, 2.24) is 10.3 Å². The lowest BCUT2D eigenvalue weighted by molar-refractivity contribution is 0.0492. The number of nitrogens with two attached hydrogens (primary N) is 1. The molecule has 10 heteroatoms. The number of nitrogens with one attached hydrogen (secondary N) is 3. The van der Waals surface area contributed by atoms with Crippen LogP contribution in [0.25, 0.3) is 0 Å². The summed E-state index contributed by atoms with van der Waals surface area (Å²) in [4.78, 5) is 28.5. The van der Waals surface area contributed by atoms with E-state index >= 15 is 0 Å². The summed E-state index contributed by atoms with van der Waals surface area (Å²) in [6, 6.07) is 5.68. The third-order valence-corrected chi connectivity index (χ3v) is 5.59. The van der Waals surface area contributed by atoms with Crippen molar-refractivity contribution in [2.24, 2.45) is 11.7 Å². The fourth-order valence-electron chi connectivity index (χ4n) is 3.73. The number of alkyl carbamates (subject to hydrolysis) is 1. The van der Waals surface area contributed by atoms with Crippen LogP contribution in [0, 0.1) is 17.6 Å². The molecular formula is C24H31F2N5O3. The predicted octanol–water partition coefficient (Wildman–Crippen LogP) is 4.70. The lowest BCUT2D eigenvalue weighted by Crippen LogP contribution is -2.51. The van der Waals surface area contributed by atoms with Crippen molar-refractivity contribution in [3.63, 3.8) is 0 Å². The molecule has 2 amide bonds. The van der Waals surface area contributed by atoms with E-state index in [-0.39, 0.29) is 29.2 Å². The molecule has 1 aromatic heterocycles. The van der Waals surface area contributed by atoms with E-state index in [4.69, 9.17) is 10.5 Å². The van der Waals surface area contributed by atoms with Gasteiger partial charge in [0.2, 0.25) is 0 Å². The zero-order valence-corrected chi connectivity index (χ0v) is 19.7. The first-order valence-electron chi connectivity index (χ1n) is 11.2. The molecule has 1 aromatic carbocycles. The third kappa shape index (κ3) is 6.55. The Morgan fingerprint density at radius 2 is 1.79 bits per heavy atom. The highest BCUT2D eigenvalue weighted by Crippen LogP contribution is 2.34. The van der Waals surface area contributed by atoms with Gasteiger partial charge in [-0.2, -0.15) is 0 Å². The maximum atomic E-state index is 15.0. The van der Waals surface area contributed by atoms with Crippen LogP contribution in [0.4, 0.5) is 30.9 Å². The molecule has 1 aliphatic rings. The van der Waals surface area contributed by atoms with E-state index in [0.29, 0.717) is 5.69 Å². The van der Waals surface area contributed by atoms with Crippen LogP contribution in [0.5, 0.6) is 0 Å². The molecule has 1 saturated carbocycles. The van der Waals surface area contributed by atoms with Gasteiger partial charge in [0.25, 0.3) is 5.91 Å². The quantitative estimate of drug-likeness (QED) is 0.440. The zero-order valence-electron chi connectivity index (χ0n) is 19.7. The minimum atomic E-state index is -0.863. The van der Waals surface area contributed by atoms with E-state index in [1.54, 1.807) is 20.8 Å². The van der Waals surface area contributed by atoms with E-state index in [1.807, 2.05) is 6.92 Å². The standard InChI is InChI=1S/C24H31F2N5O3/c1-13(28-23(33)34-24(2,3)4)19(14-6-5-7-14)30-22-18(26)12-17(20(27)32)21(31-22)29-16-10-8-15(25)9-11-16/h8-14,19H,5-7H2,1-4H3,(H2,27,32)(H,28,33)(H2,29,30,31)/t13-,19-/m0/s1.